The van der Waals surface area contributed by atoms with Gasteiger partial charge in [0.05, 0.1) is 0 Å². The van der Waals surface area contributed by atoms with E-state index in [1.807, 2.05) is 0 Å². The van der Waals surface area contributed by atoms with E-state index in [1.54, 1.807) is 0 Å². The zero-order chi connectivity index (χ0) is 14.0. The molecule has 0 nitrogen and oxygen atoms in total. The van der Waals surface area contributed by atoms with E-state index in [2.05, 4.69) is 80.0 Å². The van der Waals surface area contributed by atoms with Crippen molar-refractivity contribution in [2.45, 2.75) is 38.9 Å². The molecule has 0 saturated carbocycles. The van der Waals surface area contributed by atoms with Crippen molar-refractivity contribution in [2.24, 2.45) is 0 Å². The summed E-state index contributed by atoms with van der Waals surface area (Å²) < 4.78 is 0. The van der Waals surface area contributed by atoms with Crippen molar-refractivity contribution in [3.8, 4) is 0 Å². The van der Waals surface area contributed by atoms with Crippen molar-refractivity contribution in [3.63, 3.8) is 0 Å². The Morgan fingerprint density at radius 2 is 1.42 bits per heavy atom. The van der Waals surface area contributed by atoms with Gasteiger partial charge in [0.1, 0.15) is 0 Å². The van der Waals surface area contributed by atoms with Gasteiger partial charge in [0.2, 0.25) is 0 Å². The van der Waals surface area contributed by atoms with Gasteiger partial charge in [0.25, 0.3) is 0 Å². The second-order valence-electron chi connectivity index (χ2n) is 5.33. The Labute approximate surface area is 125 Å². The Morgan fingerprint density at radius 3 is 1.95 bits per heavy atom. The molecule has 2 aromatic carbocycles. The van der Waals surface area contributed by atoms with Crippen LogP contribution < -0.4 is 0 Å². The standard InChI is InChI=1S/C18H21Br/c1-12-10-13(2)15(4)18(14(12)3)17(19)11-16-8-6-5-7-9-16/h5-10,17H,11H2,1-4H3. The molecule has 0 fully saturated rings. The molecule has 0 aromatic heterocycles. The predicted molar refractivity (Wildman–Crippen MR) is 87.2 cm³/mol. The number of halogens is 1. The number of benzene rings is 2. The summed E-state index contributed by atoms with van der Waals surface area (Å²) in [5, 5.41) is 0. The highest BCUT2D eigenvalue weighted by atomic mass is 79.9. The highest BCUT2D eigenvalue weighted by molar-refractivity contribution is 9.09. The lowest BCUT2D eigenvalue weighted by molar-refractivity contribution is 0.919. The average Bonchev–Trinajstić information content (AvgIpc) is 2.38. The van der Waals surface area contributed by atoms with Crippen LogP contribution in [0.4, 0.5) is 0 Å². The van der Waals surface area contributed by atoms with Crippen LogP contribution in [0.15, 0.2) is 36.4 Å². The Kier molecular flexibility index (Phi) is 4.46. The Morgan fingerprint density at radius 1 is 0.895 bits per heavy atom. The first-order valence-corrected chi connectivity index (χ1v) is 7.67. The van der Waals surface area contributed by atoms with Gasteiger partial charge in [-0.3, -0.25) is 0 Å². The second-order valence-corrected chi connectivity index (χ2v) is 6.44. The summed E-state index contributed by atoms with van der Waals surface area (Å²) >= 11 is 3.89. The van der Waals surface area contributed by atoms with Gasteiger partial charge in [-0.05, 0) is 67.5 Å². The third-order valence-electron chi connectivity index (χ3n) is 4.00. The molecule has 0 heterocycles. The first kappa shape index (κ1) is 14.3. The van der Waals surface area contributed by atoms with Gasteiger partial charge < -0.3 is 0 Å². The molecule has 1 unspecified atom stereocenters. The normalized spacial score (nSPS) is 12.5. The number of rotatable bonds is 3. The molecule has 0 spiro atoms. The molecule has 0 amide bonds. The van der Waals surface area contributed by atoms with Crippen LogP contribution in [-0.2, 0) is 6.42 Å². The average molecular weight is 317 g/mol. The minimum atomic E-state index is 0.383. The van der Waals surface area contributed by atoms with E-state index in [0.717, 1.165) is 6.42 Å². The second kappa shape index (κ2) is 5.92. The monoisotopic (exact) mass is 316 g/mol. The third-order valence-corrected chi connectivity index (χ3v) is 4.78. The third kappa shape index (κ3) is 3.09. The molecule has 0 N–H and O–H groups in total. The summed E-state index contributed by atoms with van der Waals surface area (Å²) in [6.45, 7) is 8.87. The summed E-state index contributed by atoms with van der Waals surface area (Å²) in [6, 6.07) is 13.0. The minimum absolute atomic E-state index is 0.383. The van der Waals surface area contributed by atoms with Crippen molar-refractivity contribution in [3.05, 3.63) is 69.8 Å². The van der Waals surface area contributed by atoms with Crippen LogP contribution in [0.1, 0.15) is 38.2 Å². The van der Waals surface area contributed by atoms with E-state index >= 15 is 0 Å². The van der Waals surface area contributed by atoms with Gasteiger partial charge in [0.15, 0.2) is 0 Å². The topological polar surface area (TPSA) is 0 Å². The number of hydrogen-bond donors (Lipinski definition) is 0. The van der Waals surface area contributed by atoms with Gasteiger partial charge in [-0.2, -0.15) is 0 Å². The van der Waals surface area contributed by atoms with Crippen LogP contribution in [0.3, 0.4) is 0 Å². The zero-order valence-corrected chi connectivity index (χ0v) is 13.7. The lowest BCUT2D eigenvalue weighted by atomic mass is 9.90. The predicted octanol–water partition coefficient (Wildman–Crippen LogP) is 5.60. The summed E-state index contributed by atoms with van der Waals surface area (Å²) in [5.74, 6) is 0. The fourth-order valence-corrected chi connectivity index (χ4v) is 3.70. The smallest absolute Gasteiger partial charge is 0.0441 e. The molecule has 0 aliphatic carbocycles. The van der Waals surface area contributed by atoms with Crippen LogP contribution in [0.5, 0.6) is 0 Å². The molecule has 0 saturated heterocycles. The van der Waals surface area contributed by atoms with Crippen molar-refractivity contribution in [2.75, 3.05) is 0 Å². The first-order valence-electron chi connectivity index (χ1n) is 6.76. The fourth-order valence-electron chi connectivity index (χ4n) is 2.64. The van der Waals surface area contributed by atoms with E-state index in [0.29, 0.717) is 4.83 Å². The summed E-state index contributed by atoms with van der Waals surface area (Å²) in [6.07, 6.45) is 1.03. The van der Waals surface area contributed by atoms with E-state index in [9.17, 15) is 0 Å². The lowest BCUT2D eigenvalue weighted by Crippen LogP contribution is -2.04. The molecular weight excluding hydrogens is 296 g/mol. The number of aryl methyl sites for hydroxylation is 2. The maximum absolute atomic E-state index is 3.89. The minimum Gasteiger partial charge on any atom is -0.0835 e. The largest absolute Gasteiger partial charge is 0.0835 e. The van der Waals surface area contributed by atoms with Gasteiger partial charge in [-0.15, -0.1) is 0 Å². The maximum atomic E-state index is 3.89. The van der Waals surface area contributed by atoms with Crippen LogP contribution in [0.2, 0.25) is 0 Å². The highest BCUT2D eigenvalue weighted by Gasteiger charge is 2.16. The summed E-state index contributed by atoms with van der Waals surface area (Å²) in [5.41, 5.74) is 8.44. The Bertz CT molecular complexity index is 544. The van der Waals surface area contributed by atoms with Gasteiger partial charge in [-0.1, -0.05) is 52.3 Å². The van der Waals surface area contributed by atoms with E-state index < -0.39 is 0 Å². The molecule has 19 heavy (non-hydrogen) atoms. The summed E-state index contributed by atoms with van der Waals surface area (Å²) in [4.78, 5) is 0.383. The van der Waals surface area contributed by atoms with Crippen molar-refractivity contribution >= 4 is 15.9 Å². The molecule has 2 aromatic rings. The van der Waals surface area contributed by atoms with E-state index in [1.165, 1.54) is 33.4 Å². The van der Waals surface area contributed by atoms with Gasteiger partial charge >= 0.3 is 0 Å². The van der Waals surface area contributed by atoms with Crippen LogP contribution >= 0.6 is 15.9 Å². The quantitative estimate of drug-likeness (QED) is 0.647. The zero-order valence-electron chi connectivity index (χ0n) is 12.1. The van der Waals surface area contributed by atoms with Crippen molar-refractivity contribution < 1.29 is 0 Å². The fraction of sp³-hybridized carbons (Fsp3) is 0.333. The van der Waals surface area contributed by atoms with Crippen LogP contribution in [0.25, 0.3) is 0 Å². The highest BCUT2D eigenvalue weighted by Crippen LogP contribution is 2.34. The number of alkyl halides is 1. The molecule has 0 radical (unpaired) electrons. The molecular formula is C18H21Br. The Balaban J connectivity index is 2.36. The van der Waals surface area contributed by atoms with Gasteiger partial charge in [-0.25, -0.2) is 0 Å². The van der Waals surface area contributed by atoms with Crippen LogP contribution in [0, 0.1) is 27.7 Å². The maximum Gasteiger partial charge on any atom is 0.0441 e. The van der Waals surface area contributed by atoms with Crippen molar-refractivity contribution in [1.82, 2.24) is 0 Å². The molecule has 100 valence electrons. The lowest BCUT2D eigenvalue weighted by Gasteiger charge is -2.20. The Hall–Kier alpha value is -1.08. The molecule has 1 heteroatoms. The molecule has 0 bridgehead atoms. The summed E-state index contributed by atoms with van der Waals surface area (Å²) in [7, 11) is 0. The van der Waals surface area contributed by atoms with Crippen LogP contribution in [-0.4, -0.2) is 0 Å². The van der Waals surface area contributed by atoms with E-state index in [-0.39, 0.29) is 0 Å². The molecule has 1 atom stereocenters. The first-order chi connectivity index (χ1) is 9.00. The molecule has 0 aliphatic heterocycles. The van der Waals surface area contributed by atoms with Gasteiger partial charge in [0, 0.05) is 4.83 Å². The number of hydrogen-bond acceptors (Lipinski definition) is 0. The van der Waals surface area contributed by atoms with Crippen molar-refractivity contribution in [1.29, 1.82) is 0 Å². The SMILES string of the molecule is Cc1cc(C)c(C)c(C(Br)Cc2ccccc2)c1C. The molecule has 2 rings (SSSR count). The molecule has 0 aliphatic rings. The van der Waals surface area contributed by atoms with E-state index in [4.69, 9.17) is 0 Å².